The lowest BCUT2D eigenvalue weighted by molar-refractivity contribution is -0.167. The van der Waals surface area contributed by atoms with Gasteiger partial charge in [0.15, 0.2) is 11.5 Å². The number of rotatable bonds is 11. The number of carboxylic acids is 1. The first-order chi connectivity index (χ1) is 17.4. The predicted octanol–water partition coefficient (Wildman–Crippen LogP) is 5.05. The van der Waals surface area contributed by atoms with E-state index in [1.807, 2.05) is 20.8 Å². The van der Waals surface area contributed by atoms with Crippen LogP contribution in [0.3, 0.4) is 0 Å². The molecule has 0 unspecified atom stereocenters. The average molecular weight is 542 g/mol. The van der Waals surface area contributed by atoms with Gasteiger partial charge in [-0.25, -0.2) is 19.2 Å². The molecule has 0 saturated heterocycles. The zero-order valence-electron chi connectivity index (χ0n) is 23.4. The van der Waals surface area contributed by atoms with E-state index in [1.165, 1.54) is 18.2 Å². The van der Waals surface area contributed by atoms with Crippen LogP contribution in [-0.2, 0) is 30.2 Å². The summed E-state index contributed by atoms with van der Waals surface area (Å²) < 4.78 is 30.8. The summed E-state index contributed by atoms with van der Waals surface area (Å²) in [6, 6.07) is 3.55. The summed E-state index contributed by atoms with van der Waals surface area (Å²) in [5, 5.41) is 12.9. The fourth-order valence-corrected chi connectivity index (χ4v) is 2.94. The minimum atomic E-state index is -2.24. The first kappa shape index (κ1) is 32.5. The first-order valence-electron chi connectivity index (χ1n) is 12.2. The lowest BCUT2D eigenvalue weighted by Gasteiger charge is -2.32. The summed E-state index contributed by atoms with van der Waals surface area (Å²) in [6.45, 7) is 15.3. The number of carbonyl (C=O) groups excluding carboxylic acids is 3. The van der Waals surface area contributed by atoms with Crippen LogP contribution in [-0.4, -0.2) is 60.1 Å². The van der Waals surface area contributed by atoms with E-state index in [0.29, 0.717) is 0 Å². The molecular formula is C26H39NO11. The van der Waals surface area contributed by atoms with Gasteiger partial charge in [0.1, 0.15) is 0 Å². The molecule has 0 spiro atoms. The summed E-state index contributed by atoms with van der Waals surface area (Å²) in [5.41, 5.74) is -2.36. The van der Waals surface area contributed by atoms with Crippen LogP contribution in [0.2, 0.25) is 0 Å². The van der Waals surface area contributed by atoms with Crippen molar-refractivity contribution in [1.82, 2.24) is 5.32 Å². The maximum Gasteiger partial charge on any atom is 0.514 e. The maximum absolute atomic E-state index is 12.5. The maximum atomic E-state index is 12.5. The monoisotopic (exact) mass is 541 g/mol. The van der Waals surface area contributed by atoms with Crippen LogP contribution in [0.25, 0.3) is 0 Å². The van der Waals surface area contributed by atoms with Gasteiger partial charge in [0.05, 0.1) is 18.8 Å². The van der Waals surface area contributed by atoms with Crippen LogP contribution < -0.4 is 14.8 Å². The van der Waals surface area contributed by atoms with Gasteiger partial charge < -0.3 is 33.5 Å². The molecule has 1 aromatic carbocycles. The first-order valence-corrected chi connectivity index (χ1v) is 12.2. The number of carbonyl (C=O) groups is 4. The second kappa shape index (κ2) is 13.8. The number of nitrogens with one attached hydrogen (secondary N) is 1. The van der Waals surface area contributed by atoms with Crippen molar-refractivity contribution in [1.29, 1.82) is 0 Å². The third kappa shape index (κ3) is 11.7. The summed E-state index contributed by atoms with van der Waals surface area (Å²) in [4.78, 5) is 49.1. The summed E-state index contributed by atoms with van der Waals surface area (Å²) >= 11 is 0. The number of aliphatic carboxylic acids is 1. The van der Waals surface area contributed by atoms with Crippen molar-refractivity contribution in [3.63, 3.8) is 0 Å². The molecule has 0 aliphatic carbocycles. The molecule has 2 N–H and O–H groups in total. The van der Waals surface area contributed by atoms with Crippen LogP contribution >= 0.6 is 0 Å². The van der Waals surface area contributed by atoms with E-state index in [9.17, 15) is 24.3 Å². The molecule has 0 aliphatic heterocycles. The second-order valence-electron chi connectivity index (χ2n) is 10.6. The highest BCUT2D eigenvalue weighted by Gasteiger charge is 2.44. The number of carboxylic acid groups (broad SMARTS) is 1. The Morgan fingerprint density at radius 1 is 0.842 bits per heavy atom. The molecule has 0 aromatic heterocycles. The third-order valence-corrected chi connectivity index (χ3v) is 4.26. The topological polar surface area (TPSA) is 156 Å². The molecule has 214 valence electrons. The zero-order chi connectivity index (χ0) is 29.3. The molecule has 1 rings (SSSR count). The Labute approximate surface area is 222 Å². The third-order valence-electron chi connectivity index (χ3n) is 4.26. The van der Waals surface area contributed by atoms with Crippen LogP contribution in [0.1, 0.15) is 67.9 Å². The minimum Gasteiger partial charge on any atom is -0.477 e. The lowest BCUT2D eigenvalue weighted by Crippen LogP contribution is -2.59. The highest BCUT2D eigenvalue weighted by Crippen LogP contribution is 2.32. The molecular weight excluding hydrogens is 502 g/mol. The molecule has 38 heavy (non-hydrogen) atoms. The predicted molar refractivity (Wildman–Crippen MR) is 135 cm³/mol. The Bertz CT molecular complexity index is 982. The minimum absolute atomic E-state index is 0.00231. The number of hydrogen-bond acceptors (Lipinski definition) is 11. The molecule has 0 fully saturated rings. The molecule has 0 saturated carbocycles. The Balaban J connectivity index is 3.39. The van der Waals surface area contributed by atoms with Crippen molar-refractivity contribution in [2.45, 2.75) is 92.7 Å². The number of benzene rings is 1. The van der Waals surface area contributed by atoms with E-state index in [2.05, 4.69) is 5.32 Å². The van der Waals surface area contributed by atoms with Crippen molar-refractivity contribution in [2.24, 2.45) is 5.41 Å². The van der Waals surface area contributed by atoms with Crippen molar-refractivity contribution in [2.75, 3.05) is 6.61 Å². The Morgan fingerprint density at radius 2 is 1.37 bits per heavy atom. The molecule has 0 radical (unpaired) electrons. The van der Waals surface area contributed by atoms with E-state index in [0.717, 1.165) is 0 Å². The quantitative estimate of drug-likeness (QED) is 0.166. The lowest BCUT2D eigenvalue weighted by atomic mass is 9.99. The van der Waals surface area contributed by atoms with Gasteiger partial charge in [-0.2, -0.15) is 0 Å². The van der Waals surface area contributed by atoms with Gasteiger partial charge in [-0.1, -0.05) is 26.8 Å². The van der Waals surface area contributed by atoms with Crippen LogP contribution in [0.4, 0.5) is 14.4 Å². The summed E-state index contributed by atoms with van der Waals surface area (Å²) in [6.07, 6.45) is -4.66. The van der Waals surface area contributed by atoms with Gasteiger partial charge in [-0.05, 0) is 64.7 Å². The number of hydrogen-bond donors (Lipinski definition) is 2. The highest BCUT2D eigenvalue weighted by atomic mass is 16.8. The van der Waals surface area contributed by atoms with Crippen molar-refractivity contribution in [3.05, 3.63) is 23.8 Å². The molecule has 0 heterocycles. The van der Waals surface area contributed by atoms with Crippen LogP contribution in [0, 0.1) is 5.41 Å². The molecule has 12 nitrogen and oxygen atoms in total. The second-order valence-corrected chi connectivity index (χ2v) is 10.6. The van der Waals surface area contributed by atoms with Crippen molar-refractivity contribution in [3.8, 4) is 11.5 Å². The highest BCUT2D eigenvalue weighted by molar-refractivity contribution is 5.80. The van der Waals surface area contributed by atoms with Crippen molar-refractivity contribution < 1.29 is 52.7 Å². The molecule has 0 bridgehead atoms. The normalized spacial score (nSPS) is 13.1. The smallest absolute Gasteiger partial charge is 0.477 e. The molecule has 12 heteroatoms. The fraction of sp³-hybridized carbons (Fsp3) is 0.615. The summed E-state index contributed by atoms with van der Waals surface area (Å²) in [5.74, 6) is -1.90. The zero-order valence-corrected chi connectivity index (χ0v) is 23.4. The van der Waals surface area contributed by atoms with E-state index < -0.39 is 54.8 Å². The van der Waals surface area contributed by atoms with Gasteiger partial charge >= 0.3 is 24.4 Å². The van der Waals surface area contributed by atoms with E-state index in [4.69, 9.17) is 28.4 Å². The van der Waals surface area contributed by atoms with Crippen molar-refractivity contribution >= 4 is 24.4 Å². The summed E-state index contributed by atoms with van der Waals surface area (Å²) in [7, 11) is 0. The van der Waals surface area contributed by atoms with E-state index >= 15 is 0 Å². The van der Waals surface area contributed by atoms with Crippen LogP contribution in [0.5, 0.6) is 11.5 Å². The molecule has 0 amide bonds. The SMILES string of the molecule is CC(C)N[C@@](Cc1ccc(OC(=O)OC(C)C)c(OC(=O)OC(C)C)c1)(OC(=O)OCC(C)(C)C)C(=O)O. The fourth-order valence-electron chi connectivity index (χ4n) is 2.94. The number of ether oxygens (including phenoxy) is 6. The molecule has 0 aliphatic rings. The molecule has 1 atom stereocenters. The average Bonchev–Trinajstić information content (AvgIpc) is 2.71. The van der Waals surface area contributed by atoms with Crippen LogP contribution in [0.15, 0.2) is 18.2 Å². The Hall–Kier alpha value is -3.54. The van der Waals surface area contributed by atoms with Gasteiger partial charge in [-0.15, -0.1) is 0 Å². The standard InChI is InChI=1S/C26H39NO11/c1-15(2)27-26(21(28)29,38-22(30)33-14-25(7,8)9)13-18-10-11-19(36-23(31)34-16(3)4)20(12-18)37-24(32)35-17(5)6/h10-12,15-17,27H,13-14H2,1-9H3,(H,28,29)/t26-/m0/s1. The van der Waals surface area contributed by atoms with E-state index in [1.54, 1.807) is 41.5 Å². The van der Waals surface area contributed by atoms with Gasteiger partial charge in [0.25, 0.3) is 5.72 Å². The van der Waals surface area contributed by atoms with Gasteiger partial charge in [0.2, 0.25) is 0 Å². The van der Waals surface area contributed by atoms with Gasteiger partial charge in [-0.3, -0.25) is 5.32 Å². The Kier molecular flexibility index (Phi) is 11.8. The van der Waals surface area contributed by atoms with Gasteiger partial charge in [0, 0.05) is 12.5 Å². The Morgan fingerprint density at radius 3 is 1.82 bits per heavy atom. The largest absolute Gasteiger partial charge is 0.514 e. The van der Waals surface area contributed by atoms with E-state index in [-0.39, 0.29) is 29.1 Å². The molecule has 1 aromatic rings.